The summed E-state index contributed by atoms with van der Waals surface area (Å²) in [5.41, 5.74) is 0. The van der Waals surface area contributed by atoms with Crippen LogP contribution in [-0.4, -0.2) is 102 Å². The molecule has 0 radical (unpaired) electrons. The lowest BCUT2D eigenvalue weighted by molar-refractivity contribution is -0.141. The fourth-order valence-electron chi connectivity index (χ4n) is 4.35. The van der Waals surface area contributed by atoms with Crippen molar-refractivity contribution < 1.29 is 24.2 Å². The first-order valence-electron chi connectivity index (χ1n) is 10.4. The van der Waals surface area contributed by atoms with Gasteiger partial charge >= 0.3 is 12.0 Å². The maximum absolute atomic E-state index is 12.7. The lowest BCUT2D eigenvalue weighted by Crippen LogP contribution is -2.58. The van der Waals surface area contributed by atoms with E-state index in [4.69, 9.17) is 9.84 Å². The van der Waals surface area contributed by atoms with Crippen LogP contribution in [0.15, 0.2) is 0 Å². The zero-order valence-electron chi connectivity index (χ0n) is 16.6. The van der Waals surface area contributed by atoms with Crippen molar-refractivity contribution in [2.24, 2.45) is 5.92 Å². The van der Waals surface area contributed by atoms with Gasteiger partial charge < -0.3 is 25.0 Å². The number of rotatable bonds is 6. The fraction of sp³-hybridized carbons (Fsp3) is 0.842. The van der Waals surface area contributed by atoms with Crippen molar-refractivity contribution in [2.75, 3.05) is 52.5 Å². The normalized spacial score (nSPS) is 28.0. The van der Waals surface area contributed by atoms with Gasteiger partial charge in [-0.2, -0.15) is 0 Å². The second kappa shape index (κ2) is 9.56. The Hall–Kier alpha value is -1.87. The number of morpholine rings is 1. The molecule has 3 amide bonds. The lowest BCUT2D eigenvalue weighted by atomic mass is 9.85. The van der Waals surface area contributed by atoms with Crippen molar-refractivity contribution in [1.29, 1.82) is 0 Å². The molecule has 1 atom stereocenters. The predicted molar refractivity (Wildman–Crippen MR) is 102 cm³/mol. The van der Waals surface area contributed by atoms with Gasteiger partial charge in [0.1, 0.15) is 0 Å². The third-order valence-electron chi connectivity index (χ3n) is 6.08. The molecule has 9 nitrogen and oxygen atoms in total. The van der Waals surface area contributed by atoms with Crippen LogP contribution in [0.3, 0.4) is 0 Å². The molecule has 2 saturated heterocycles. The predicted octanol–water partition coefficient (Wildman–Crippen LogP) is 0.204. The molecule has 0 aromatic heterocycles. The summed E-state index contributed by atoms with van der Waals surface area (Å²) in [7, 11) is 0. The smallest absolute Gasteiger partial charge is 0.317 e. The number of amides is 3. The molecule has 1 unspecified atom stereocenters. The SMILES string of the molecule is CCN(CC(=O)O)C1CC(NC(=O)N2CCCC(C(=O)N3CCOCC3)C2)C1. The topological polar surface area (TPSA) is 102 Å². The van der Waals surface area contributed by atoms with Crippen LogP contribution >= 0.6 is 0 Å². The van der Waals surface area contributed by atoms with E-state index >= 15 is 0 Å². The highest BCUT2D eigenvalue weighted by atomic mass is 16.5. The standard InChI is InChI=1S/C19H32N4O5/c1-2-21(13-17(24)25)16-10-15(11-16)20-19(27)23-5-3-4-14(12-23)18(26)22-6-8-28-9-7-22/h14-16H,2-13H2,1H3,(H,20,27)(H,24,25). The van der Waals surface area contributed by atoms with Gasteiger partial charge in [-0.05, 0) is 32.2 Å². The number of likely N-dealkylation sites (tertiary alicyclic amines) is 1. The third kappa shape index (κ3) is 5.14. The van der Waals surface area contributed by atoms with Crippen LogP contribution in [0.2, 0.25) is 0 Å². The second-order valence-corrected chi connectivity index (χ2v) is 7.95. The van der Waals surface area contributed by atoms with Crippen LogP contribution in [0.4, 0.5) is 4.79 Å². The molecule has 28 heavy (non-hydrogen) atoms. The summed E-state index contributed by atoms with van der Waals surface area (Å²) in [4.78, 5) is 41.8. The van der Waals surface area contributed by atoms with Gasteiger partial charge in [0, 0.05) is 38.3 Å². The Labute approximate surface area is 166 Å². The van der Waals surface area contributed by atoms with Crippen molar-refractivity contribution in [3.8, 4) is 0 Å². The monoisotopic (exact) mass is 396 g/mol. The average molecular weight is 396 g/mol. The molecule has 0 spiro atoms. The number of carboxylic acids is 1. The lowest BCUT2D eigenvalue weighted by Gasteiger charge is -2.43. The van der Waals surface area contributed by atoms with Crippen molar-refractivity contribution in [2.45, 2.75) is 44.7 Å². The van der Waals surface area contributed by atoms with E-state index in [2.05, 4.69) is 5.32 Å². The van der Waals surface area contributed by atoms with Gasteiger partial charge in [0.25, 0.3) is 0 Å². The van der Waals surface area contributed by atoms with Gasteiger partial charge in [-0.25, -0.2) is 4.79 Å². The highest BCUT2D eigenvalue weighted by Crippen LogP contribution is 2.26. The molecule has 9 heteroatoms. The summed E-state index contributed by atoms with van der Waals surface area (Å²) in [6.07, 6.45) is 3.21. The summed E-state index contributed by atoms with van der Waals surface area (Å²) in [6, 6.07) is 0.184. The highest BCUT2D eigenvalue weighted by molar-refractivity contribution is 5.81. The van der Waals surface area contributed by atoms with Crippen LogP contribution in [-0.2, 0) is 14.3 Å². The second-order valence-electron chi connectivity index (χ2n) is 7.95. The molecular formula is C19H32N4O5. The molecule has 0 bridgehead atoms. The van der Waals surface area contributed by atoms with Crippen molar-refractivity contribution in [3.63, 3.8) is 0 Å². The Morgan fingerprint density at radius 2 is 1.86 bits per heavy atom. The van der Waals surface area contributed by atoms with E-state index in [0.717, 1.165) is 25.7 Å². The van der Waals surface area contributed by atoms with E-state index < -0.39 is 5.97 Å². The zero-order chi connectivity index (χ0) is 20.1. The first-order valence-corrected chi connectivity index (χ1v) is 10.4. The van der Waals surface area contributed by atoms with Crippen LogP contribution in [0.25, 0.3) is 0 Å². The summed E-state index contributed by atoms with van der Waals surface area (Å²) in [5.74, 6) is -0.812. The van der Waals surface area contributed by atoms with E-state index in [-0.39, 0.29) is 36.5 Å². The number of ether oxygens (including phenoxy) is 1. The minimum Gasteiger partial charge on any atom is -0.480 e. The van der Waals surface area contributed by atoms with Crippen LogP contribution < -0.4 is 5.32 Å². The first kappa shape index (κ1) is 20.9. The number of aliphatic carboxylic acids is 1. The van der Waals surface area contributed by atoms with Gasteiger partial charge in [0.15, 0.2) is 0 Å². The third-order valence-corrected chi connectivity index (χ3v) is 6.08. The van der Waals surface area contributed by atoms with Crippen molar-refractivity contribution >= 4 is 17.9 Å². The van der Waals surface area contributed by atoms with Gasteiger partial charge in [0.05, 0.1) is 25.7 Å². The fourth-order valence-corrected chi connectivity index (χ4v) is 4.35. The number of urea groups is 1. The minimum absolute atomic E-state index is 0.0410. The molecule has 158 valence electrons. The molecule has 0 aromatic carbocycles. The Morgan fingerprint density at radius 1 is 1.14 bits per heavy atom. The number of hydrogen-bond donors (Lipinski definition) is 2. The molecular weight excluding hydrogens is 364 g/mol. The van der Waals surface area contributed by atoms with Gasteiger partial charge in [-0.3, -0.25) is 14.5 Å². The Balaban J connectivity index is 1.43. The van der Waals surface area contributed by atoms with Gasteiger partial charge in [-0.1, -0.05) is 6.92 Å². The van der Waals surface area contributed by atoms with Crippen LogP contribution in [0.1, 0.15) is 32.6 Å². The molecule has 1 aliphatic carbocycles. The molecule has 2 heterocycles. The average Bonchev–Trinajstić information content (AvgIpc) is 2.68. The molecule has 3 fully saturated rings. The molecule has 2 N–H and O–H groups in total. The van der Waals surface area contributed by atoms with E-state index in [1.54, 1.807) is 4.90 Å². The van der Waals surface area contributed by atoms with E-state index in [1.807, 2.05) is 16.7 Å². The summed E-state index contributed by atoms with van der Waals surface area (Å²) in [6.45, 7) is 6.27. The molecule has 0 aromatic rings. The quantitative estimate of drug-likeness (QED) is 0.665. The molecule has 1 saturated carbocycles. The number of carbonyl (C=O) groups is 3. The van der Waals surface area contributed by atoms with Crippen molar-refractivity contribution in [3.05, 3.63) is 0 Å². The Morgan fingerprint density at radius 3 is 2.50 bits per heavy atom. The molecule has 3 rings (SSSR count). The van der Waals surface area contributed by atoms with E-state index in [1.165, 1.54) is 0 Å². The molecule has 2 aliphatic heterocycles. The Bertz CT molecular complexity index is 575. The highest BCUT2D eigenvalue weighted by Gasteiger charge is 2.37. The summed E-state index contributed by atoms with van der Waals surface area (Å²) < 4.78 is 5.31. The minimum atomic E-state index is -0.821. The summed E-state index contributed by atoms with van der Waals surface area (Å²) >= 11 is 0. The number of nitrogens with zero attached hydrogens (tertiary/aromatic N) is 3. The number of nitrogens with one attached hydrogen (secondary N) is 1. The number of carbonyl (C=O) groups excluding carboxylic acids is 2. The maximum Gasteiger partial charge on any atom is 0.317 e. The van der Waals surface area contributed by atoms with Gasteiger partial charge in [-0.15, -0.1) is 0 Å². The van der Waals surface area contributed by atoms with E-state index in [9.17, 15) is 14.4 Å². The Kier molecular flexibility index (Phi) is 7.12. The first-order chi connectivity index (χ1) is 13.5. The van der Waals surface area contributed by atoms with E-state index in [0.29, 0.717) is 45.9 Å². The molecule has 3 aliphatic rings. The number of piperidine rings is 1. The van der Waals surface area contributed by atoms with Crippen LogP contribution in [0.5, 0.6) is 0 Å². The maximum atomic E-state index is 12.7. The van der Waals surface area contributed by atoms with Crippen molar-refractivity contribution in [1.82, 2.24) is 20.0 Å². The number of likely N-dealkylation sites (N-methyl/N-ethyl adjacent to an activating group) is 1. The largest absolute Gasteiger partial charge is 0.480 e. The summed E-state index contributed by atoms with van der Waals surface area (Å²) in [5, 5.41) is 12.0. The van der Waals surface area contributed by atoms with Crippen LogP contribution in [0, 0.1) is 5.92 Å². The zero-order valence-corrected chi connectivity index (χ0v) is 16.6. The number of carboxylic acid groups (broad SMARTS) is 1. The number of hydrogen-bond acceptors (Lipinski definition) is 5. The van der Waals surface area contributed by atoms with Gasteiger partial charge in [0.2, 0.25) is 5.91 Å².